The summed E-state index contributed by atoms with van der Waals surface area (Å²) in [7, 11) is 5.45. The van der Waals surface area contributed by atoms with Gasteiger partial charge in [-0.3, -0.25) is 0 Å². The van der Waals surface area contributed by atoms with Gasteiger partial charge in [0.05, 0.1) is 0 Å². The average molecular weight is 263 g/mol. The summed E-state index contributed by atoms with van der Waals surface area (Å²) in [5.41, 5.74) is 0. The summed E-state index contributed by atoms with van der Waals surface area (Å²) in [5.74, 6) is 3.38. The minimum absolute atomic E-state index is 0.426. The van der Waals surface area contributed by atoms with Crippen molar-refractivity contribution < 1.29 is 0 Å². The van der Waals surface area contributed by atoms with Crippen molar-refractivity contribution in [2.75, 3.05) is 10.5 Å². The van der Waals surface area contributed by atoms with Crippen molar-refractivity contribution in [3.8, 4) is 0 Å². The molecular weight excluding hydrogens is 247 g/mol. The first-order valence-corrected chi connectivity index (χ1v) is 6.96. The molecule has 89 valence electrons. The molecule has 1 aromatic rings. The quantitative estimate of drug-likeness (QED) is 0.612. The van der Waals surface area contributed by atoms with Gasteiger partial charge in [-0.15, -0.1) is 0 Å². The van der Waals surface area contributed by atoms with Crippen LogP contribution in [0.15, 0.2) is 12.3 Å². The third kappa shape index (κ3) is 4.24. The van der Waals surface area contributed by atoms with Gasteiger partial charge in [0, 0.05) is 0 Å². The molecule has 0 aliphatic carbocycles. The van der Waals surface area contributed by atoms with E-state index in [0.29, 0.717) is 5.25 Å². The molecule has 1 N–H and O–H groups in total. The maximum atomic E-state index is 5.45. The van der Waals surface area contributed by atoms with Gasteiger partial charge in [-0.05, 0) is 0 Å². The Balaban J connectivity index is 3.36. The predicted molar refractivity (Wildman–Crippen MR) is 84.4 cm³/mol. The predicted octanol–water partition coefficient (Wildman–Crippen LogP) is 1.01. The van der Waals surface area contributed by atoms with E-state index in [1.54, 1.807) is 6.20 Å². The molecule has 1 aromatic heterocycles. The Morgan fingerprint density at radius 1 is 1.65 bits per heavy atom. The van der Waals surface area contributed by atoms with Crippen LogP contribution in [0.4, 0.5) is 5.82 Å². The number of anilines is 1. The second-order valence-electron chi connectivity index (χ2n) is 3.46. The van der Waals surface area contributed by atoms with E-state index in [0.717, 1.165) is 22.0 Å². The molecule has 5 heteroatoms. The topological polar surface area (TPSA) is 24.9 Å². The molecule has 1 radical (unpaired) electrons. The van der Waals surface area contributed by atoms with Gasteiger partial charge >= 0.3 is 113 Å². The molecule has 0 amide bonds. The molecule has 0 saturated carbocycles. The second kappa shape index (κ2) is 7.61. The van der Waals surface area contributed by atoms with E-state index < -0.39 is 0 Å². The number of hydrogen-bond donors (Lipinski definition) is 2. The van der Waals surface area contributed by atoms with Crippen LogP contribution >= 0.6 is 24.6 Å². The molecular formula is C12H16BN2S2. The number of nitrogens with zero attached hydrogens (tertiary/aromatic N) is 1. The Bertz CT molecular complexity index is 488. The summed E-state index contributed by atoms with van der Waals surface area (Å²) in [5, 5.41) is 2.51. The van der Waals surface area contributed by atoms with Gasteiger partial charge in [0.2, 0.25) is 0 Å². The Morgan fingerprint density at radius 2 is 2.41 bits per heavy atom. The van der Waals surface area contributed by atoms with Gasteiger partial charge < -0.3 is 0 Å². The van der Waals surface area contributed by atoms with Crippen molar-refractivity contribution in [2.24, 2.45) is 0 Å². The van der Waals surface area contributed by atoms with E-state index in [-0.39, 0.29) is 0 Å². The van der Waals surface area contributed by atoms with Crippen LogP contribution in [-0.2, 0) is 0 Å². The number of nitrogens with one attached hydrogen (secondary N) is 1. The molecule has 0 spiro atoms. The molecule has 2 nitrogen and oxygen atoms in total. The molecule has 0 fully saturated rings. The zero-order chi connectivity index (χ0) is 12.7. The fraction of sp³-hybridized carbons (Fsp3) is 0.333. The third-order valence-electron chi connectivity index (χ3n) is 2.24. The number of thiol groups is 1. The fourth-order valence-corrected chi connectivity index (χ4v) is 2.48. The number of thioether (sulfide) groups is 1. The Morgan fingerprint density at radius 3 is 3.00 bits per heavy atom. The third-order valence-corrected chi connectivity index (χ3v) is 3.44. The van der Waals surface area contributed by atoms with Crippen molar-refractivity contribution in [3.05, 3.63) is 22.7 Å². The summed E-state index contributed by atoms with van der Waals surface area (Å²) >= 11 is 5.96. The van der Waals surface area contributed by atoms with Crippen LogP contribution in [0.2, 0.25) is 0 Å². The van der Waals surface area contributed by atoms with Crippen molar-refractivity contribution in [1.82, 2.24) is 4.98 Å². The van der Waals surface area contributed by atoms with Crippen LogP contribution in [0.1, 0.15) is 13.8 Å². The average Bonchev–Trinajstić information content (AvgIpc) is 2.32. The number of hydrogen-bond acceptors (Lipinski definition) is 4. The van der Waals surface area contributed by atoms with Crippen molar-refractivity contribution in [2.45, 2.75) is 19.1 Å². The van der Waals surface area contributed by atoms with Gasteiger partial charge in [-0.2, -0.15) is 0 Å². The van der Waals surface area contributed by atoms with Crippen molar-refractivity contribution in [1.29, 1.82) is 0 Å². The molecule has 0 bridgehead atoms. The van der Waals surface area contributed by atoms with E-state index >= 15 is 0 Å². The van der Waals surface area contributed by atoms with E-state index in [2.05, 4.69) is 42.4 Å². The summed E-state index contributed by atoms with van der Waals surface area (Å²) in [6.45, 7) is 4.32. The minimum atomic E-state index is 0.426. The van der Waals surface area contributed by atoms with E-state index in [1.807, 2.05) is 23.9 Å². The monoisotopic (exact) mass is 263 g/mol. The van der Waals surface area contributed by atoms with Crippen LogP contribution in [0.25, 0.3) is 12.2 Å². The van der Waals surface area contributed by atoms with Gasteiger partial charge in [-0.25, -0.2) is 0 Å². The molecule has 17 heavy (non-hydrogen) atoms. The summed E-state index contributed by atoms with van der Waals surface area (Å²) < 4.78 is 2.81. The van der Waals surface area contributed by atoms with Crippen molar-refractivity contribution >= 4 is 56.0 Å². The molecule has 1 atom stereocenters. The van der Waals surface area contributed by atoms with Crippen LogP contribution < -0.4 is 15.2 Å². The maximum absolute atomic E-state index is 5.45. The molecule has 1 heterocycles. The summed E-state index contributed by atoms with van der Waals surface area (Å²) in [6.07, 6.45) is 5.78. The molecule has 0 saturated heterocycles. The van der Waals surface area contributed by atoms with E-state index in [4.69, 9.17) is 7.49 Å². The standard InChI is InChI=1S/C12H16BN2S2/c1-3-17-9(2)8-11-10(4-6-13)5-7-14-12(11)15-16/h4-9,16H,3H2,1-2H3,(H,14,15)/b10-4-,11-8+. The Labute approximate surface area is 113 Å². The summed E-state index contributed by atoms with van der Waals surface area (Å²) in [6, 6.07) is 1.94. The second-order valence-corrected chi connectivity index (χ2v) is 5.34. The number of rotatable bonds is 5. The summed E-state index contributed by atoms with van der Waals surface area (Å²) in [4.78, 5) is 4.25. The van der Waals surface area contributed by atoms with Crippen LogP contribution in [-0.4, -0.2) is 29.4 Å². The van der Waals surface area contributed by atoms with Crippen molar-refractivity contribution in [3.63, 3.8) is 0 Å². The first-order chi connectivity index (χ1) is 8.22. The Kier molecular flexibility index (Phi) is 6.44. The van der Waals surface area contributed by atoms with Crippen LogP contribution in [0.3, 0.4) is 0 Å². The zero-order valence-electron chi connectivity index (χ0n) is 10.1. The van der Waals surface area contributed by atoms with Gasteiger partial charge in [-0.1, -0.05) is 0 Å². The molecule has 1 rings (SSSR count). The molecule has 0 aliphatic rings. The molecule has 1 unspecified atom stereocenters. The van der Waals surface area contributed by atoms with E-state index in [9.17, 15) is 0 Å². The number of pyridine rings is 1. The van der Waals surface area contributed by atoms with E-state index in [1.165, 1.54) is 5.97 Å². The normalized spacial score (nSPS) is 14.7. The fourth-order valence-electron chi connectivity index (χ4n) is 1.55. The van der Waals surface area contributed by atoms with Gasteiger partial charge in [0.15, 0.2) is 0 Å². The van der Waals surface area contributed by atoms with Gasteiger partial charge in [0.25, 0.3) is 0 Å². The first kappa shape index (κ1) is 14.4. The SMILES string of the molecule is [B]=C/C=c1/ccnc(NS)/c1=C/C(C)SCC. The van der Waals surface area contributed by atoms with Crippen LogP contribution in [0, 0.1) is 0 Å². The molecule has 0 aromatic carbocycles. The van der Waals surface area contributed by atoms with Gasteiger partial charge in [0.1, 0.15) is 0 Å². The molecule has 0 aliphatic heterocycles. The number of aromatic nitrogens is 1. The Hall–Kier alpha value is -0.675. The first-order valence-electron chi connectivity index (χ1n) is 5.46. The van der Waals surface area contributed by atoms with Crippen LogP contribution in [0.5, 0.6) is 0 Å². The zero-order valence-corrected chi connectivity index (χ0v) is 11.8.